The van der Waals surface area contributed by atoms with E-state index in [1.165, 1.54) is 0 Å². The molecule has 0 radical (unpaired) electrons. The zero-order chi connectivity index (χ0) is 8.43. The summed E-state index contributed by atoms with van der Waals surface area (Å²) in [5.74, 6) is -0.830. The number of nitrogens with zero attached hydrogens (tertiary/aromatic N) is 2. The normalized spacial score (nSPS) is 9.91. The lowest BCUT2D eigenvalue weighted by atomic mass is 10.3. The smallest absolute Gasteiger partial charge is 0.309 e. The minimum atomic E-state index is -0.830. The fourth-order valence-corrected chi connectivity index (χ4v) is 0.625. The van der Waals surface area contributed by atoms with E-state index >= 15 is 0 Å². The number of primary amides is 1. The van der Waals surface area contributed by atoms with Crippen molar-refractivity contribution >= 4 is 5.91 Å². The van der Waals surface area contributed by atoms with Gasteiger partial charge in [-0.2, -0.15) is 0 Å². The van der Waals surface area contributed by atoms with Gasteiger partial charge in [-0.3, -0.25) is 9.42 Å². The van der Waals surface area contributed by atoms with Gasteiger partial charge >= 0.3 is 5.69 Å². The number of amides is 1. The SMILES string of the molecule is NCc1c(C(N)=O)no[n+]1[O-]. The van der Waals surface area contributed by atoms with E-state index in [2.05, 4.69) is 9.79 Å². The standard InChI is InChI=1S/C4H6N4O3/c5-1-2-3(4(6)9)7-11-8(2)10/h1,5H2,(H2,6,9). The summed E-state index contributed by atoms with van der Waals surface area (Å²) in [6.07, 6.45) is 0. The lowest BCUT2D eigenvalue weighted by Gasteiger charge is -1.88. The minimum Gasteiger partial charge on any atom is -0.362 e. The van der Waals surface area contributed by atoms with Crippen molar-refractivity contribution in [1.29, 1.82) is 0 Å². The molecule has 0 fully saturated rings. The Morgan fingerprint density at radius 1 is 1.82 bits per heavy atom. The van der Waals surface area contributed by atoms with Crippen molar-refractivity contribution in [3.05, 3.63) is 16.6 Å². The highest BCUT2D eigenvalue weighted by Gasteiger charge is 2.21. The number of rotatable bonds is 2. The van der Waals surface area contributed by atoms with Gasteiger partial charge in [-0.25, -0.2) is 0 Å². The molecule has 4 N–H and O–H groups in total. The van der Waals surface area contributed by atoms with Gasteiger partial charge in [0.25, 0.3) is 5.91 Å². The first-order chi connectivity index (χ1) is 5.16. The second-order valence-corrected chi connectivity index (χ2v) is 1.79. The molecule has 0 aliphatic heterocycles. The van der Waals surface area contributed by atoms with Gasteiger partial charge in [0.05, 0.1) is 11.7 Å². The zero-order valence-electron chi connectivity index (χ0n) is 5.48. The molecule has 1 aromatic heterocycles. The van der Waals surface area contributed by atoms with Crippen molar-refractivity contribution in [2.24, 2.45) is 11.5 Å². The van der Waals surface area contributed by atoms with Crippen LogP contribution in [0.3, 0.4) is 0 Å². The molecule has 0 aromatic carbocycles. The molecule has 60 valence electrons. The van der Waals surface area contributed by atoms with Crippen LogP contribution >= 0.6 is 0 Å². The number of aromatic nitrogens is 2. The van der Waals surface area contributed by atoms with Crippen molar-refractivity contribution in [3.63, 3.8) is 0 Å². The van der Waals surface area contributed by atoms with Crippen LogP contribution in [0.2, 0.25) is 0 Å². The van der Waals surface area contributed by atoms with Gasteiger partial charge < -0.3 is 16.7 Å². The molecule has 1 aromatic rings. The van der Waals surface area contributed by atoms with E-state index in [1.807, 2.05) is 0 Å². The maximum Gasteiger partial charge on any atom is 0.309 e. The van der Waals surface area contributed by atoms with E-state index in [4.69, 9.17) is 11.5 Å². The molecular formula is C4H6N4O3. The molecule has 0 bridgehead atoms. The predicted octanol–water partition coefficient (Wildman–Crippen LogP) is -2.13. The van der Waals surface area contributed by atoms with Crippen molar-refractivity contribution in [2.75, 3.05) is 0 Å². The highest BCUT2D eigenvalue weighted by atomic mass is 16.8. The van der Waals surface area contributed by atoms with Crippen LogP contribution in [0.15, 0.2) is 4.63 Å². The minimum absolute atomic E-state index is 0.0556. The lowest BCUT2D eigenvalue weighted by molar-refractivity contribution is -0.807. The molecular weight excluding hydrogens is 152 g/mol. The van der Waals surface area contributed by atoms with Crippen LogP contribution in [0.4, 0.5) is 0 Å². The summed E-state index contributed by atoms with van der Waals surface area (Å²) in [6, 6.07) is 0. The third-order valence-electron chi connectivity index (χ3n) is 1.13. The molecule has 1 heterocycles. The molecule has 0 saturated heterocycles. The Morgan fingerprint density at radius 3 is 2.82 bits per heavy atom. The molecule has 0 atom stereocenters. The Hall–Kier alpha value is -1.63. The molecule has 1 amide bonds. The van der Waals surface area contributed by atoms with Gasteiger partial charge in [-0.05, 0) is 4.90 Å². The van der Waals surface area contributed by atoms with Crippen LogP contribution in [0, 0.1) is 5.21 Å². The molecule has 7 heteroatoms. The molecule has 0 spiro atoms. The number of hydrogen-bond acceptors (Lipinski definition) is 5. The van der Waals surface area contributed by atoms with E-state index < -0.39 is 5.91 Å². The number of carbonyl (C=O) groups is 1. The number of carbonyl (C=O) groups excluding carboxylic acids is 1. The van der Waals surface area contributed by atoms with Crippen molar-refractivity contribution in [2.45, 2.75) is 6.54 Å². The van der Waals surface area contributed by atoms with E-state index in [9.17, 15) is 10.0 Å². The van der Waals surface area contributed by atoms with Crippen LogP contribution in [0.1, 0.15) is 16.2 Å². The summed E-state index contributed by atoms with van der Waals surface area (Å²) in [5.41, 5.74) is 9.66. The summed E-state index contributed by atoms with van der Waals surface area (Å²) >= 11 is 0. The van der Waals surface area contributed by atoms with Crippen molar-refractivity contribution in [3.8, 4) is 0 Å². The summed E-state index contributed by atoms with van der Waals surface area (Å²) in [4.78, 5) is 10.5. The first-order valence-electron chi connectivity index (χ1n) is 2.75. The predicted molar refractivity (Wildman–Crippen MR) is 31.9 cm³/mol. The van der Waals surface area contributed by atoms with Crippen LogP contribution in [0.25, 0.3) is 0 Å². The Bertz CT molecular complexity index is 281. The van der Waals surface area contributed by atoms with Gasteiger partial charge in [0.1, 0.15) is 0 Å². The van der Waals surface area contributed by atoms with E-state index in [0.29, 0.717) is 0 Å². The summed E-state index contributed by atoms with van der Waals surface area (Å²) in [5, 5.41) is 13.7. The van der Waals surface area contributed by atoms with Crippen molar-refractivity contribution < 1.29 is 14.3 Å². The van der Waals surface area contributed by atoms with E-state index in [-0.39, 0.29) is 22.8 Å². The highest BCUT2D eigenvalue weighted by molar-refractivity contribution is 5.91. The van der Waals surface area contributed by atoms with Crippen molar-refractivity contribution in [1.82, 2.24) is 5.16 Å². The number of hydrogen-bond donors (Lipinski definition) is 2. The highest BCUT2D eigenvalue weighted by Crippen LogP contribution is 1.96. The van der Waals surface area contributed by atoms with Gasteiger partial charge in [0.2, 0.25) is 5.69 Å². The maximum atomic E-state index is 10.6. The first-order valence-corrected chi connectivity index (χ1v) is 2.75. The fourth-order valence-electron chi connectivity index (χ4n) is 0.625. The zero-order valence-corrected chi connectivity index (χ0v) is 5.48. The third-order valence-corrected chi connectivity index (χ3v) is 1.13. The first kappa shape index (κ1) is 7.48. The number of nitrogens with two attached hydrogens (primary N) is 2. The van der Waals surface area contributed by atoms with Gasteiger partial charge in [0, 0.05) is 0 Å². The third kappa shape index (κ3) is 1.13. The Balaban J connectivity index is 3.15. The second kappa shape index (κ2) is 2.54. The van der Waals surface area contributed by atoms with Crippen LogP contribution in [-0.2, 0) is 6.54 Å². The van der Waals surface area contributed by atoms with Gasteiger partial charge in [0.15, 0.2) is 0 Å². The van der Waals surface area contributed by atoms with Crippen LogP contribution in [-0.4, -0.2) is 11.1 Å². The molecule has 0 unspecified atom stereocenters. The fraction of sp³-hybridized carbons (Fsp3) is 0.250. The Morgan fingerprint density at radius 2 is 2.45 bits per heavy atom. The average Bonchev–Trinajstić information content (AvgIpc) is 2.30. The second-order valence-electron chi connectivity index (χ2n) is 1.79. The largest absolute Gasteiger partial charge is 0.362 e. The molecule has 0 aliphatic carbocycles. The summed E-state index contributed by atoms with van der Waals surface area (Å²) < 4.78 is 4.08. The van der Waals surface area contributed by atoms with E-state index in [0.717, 1.165) is 0 Å². The van der Waals surface area contributed by atoms with Gasteiger partial charge in [-0.15, -0.1) is 0 Å². The lowest BCUT2D eigenvalue weighted by Crippen LogP contribution is -2.31. The van der Waals surface area contributed by atoms with E-state index in [1.54, 1.807) is 0 Å². The van der Waals surface area contributed by atoms with Crippen LogP contribution in [0.5, 0.6) is 0 Å². The maximum absolute atomic E-state index is 10.6. The summed E-state index contributed by atoms with van der Waals surface area (Å²) in [6.45, 7) is -0.134. The summed E-state index contributed by atoms with van der Waals surface area (Å²) in [7, 11) is 0. The molecule has 0 saturated carbocycles. The molecule has 1 rings (SSSR count). The molecule has 0 aliphatic rings. The monoisotopic (exact) mass is 158 g/mol. The topological polar surface area (TPSA) is 122 Å². The molecule has 11 heavy (non-hydrogen) atoms. The average molecular weight is 158 g/mol. The van der Waals surface area contributed by atoms with Crippen LogP contribution < -0.4 is 16.4 Å². The Kier molecular flexibility index (Phi) is 1.73. The molecule has 7 nitrogen and oxygen atoms in total. The van der Waals surface area contributed by atoms with Gasteiger partial charge in [-0.1, -0.05) is 0 Å². The Labute approximate surface area is 61.1 Å². The quantitative estimate of drug-likeness (QED) is 0.476.